The molecule has 1 unspecified atom stereocenters. The van der Waals surface area contributed by atoms with Crippen LogP contribution >= 0.6 is 11.8 Å². The predicted molar refractivity (Wildman–Crippen MR) is 131 cm³/mol. The van der Waals surface area contributed by atoms with Crippen molar-refractivity contribution < 1.29 is 18.7 Å². The van der Waals surface area contributed by atoms with Gasteiger partial charge in [-0.25, -0.2) is 14.2 Å². The van der Waals surface area contributed by atoms with Crippen molar-refractivity contribution in [3.05, 3.63) is 81.2 Å². The highest BCUT2D eigenvalue weighted by atomic mass is 32.2. The summed E-state index contributed by atoms with van der Waals surface area (Å²) in [6.07, 6.45) is 0.779. The molecule has 0 fully saturated rings. The maximum Gasteiger partial charge on any atom is 0.336 e. The average molecular weight is 506 g/mol. The number of halogens is 1. The number of pyridine rings is 1. The fraction of sp³-hybridized carbons (Fsp3) is 0.308. The third-order valence-corrected chi connectivity index (χ3v) is 7.60. The van der Waals surface area contributed by atoms with Gasteiger partial charge in [0.1, 0.15) is 16.7 Å². The molecular formula is C26H24FN5O3S. The van der Waals surface area contributed by atoms with Gasteiger partial charge < -0.3 is 15.4 Å². The molecule has 10 heteroatoms. The molecule has 3 aliphatic rings. The Kier molecular flexibility index (Phi) is 6.28. The number of hydrogen-bond donors (Lipinski definition) is 1. The number of benzene rings is 1. The zero-order chi connectivity index (χ0) is 25.6. The van der Waals surface area contributed by atoms with Crippen molar-refractivity contribution in [1.82, 2.24) is 14.8 Å². The number of rotatable bonds is 3. The largest absolute Gasteiger partial charge is 0.463 e. The highest BCUT2D eigenvalue weighted by molar-refractivity contribution is 7.99. The first-order valence-electron chi connectivity index (χ1n) is 11.6. The molecule has 1 atom stereocenters. The van der Waals surface area contributed by atoms with E-state index in [0.29, 0.717) is 28.4 Å². The van der Waals surface area contributed by atoms with Crippen LogP contribution in [0.1, 0.15) is 40.0 Å². The van der Waals surface area contributed by atoms with E-state index in [9.17, 15) is 19.2 Å². The number of nitriles is 1. The molecule has 1 aromatic heterocycles. The van der Waals surface area contributed by atoms with E-state index in [1.165, 1.54) is 40.9 Å². The van der Waals surface area contributed by atoms with Crippen LogP contribution in [-0.4, -0.2) is 52.6 Å². The van der Waals surface area contributed by atoms with Gasteiger partial charge in [-0.2, -0.15) is 5.26 Å². The first kappa shape index (κ1) is 24.0. The quantitative estimate of drug-likeness (QED) is 0.634. The third-order valence-electron chi connectivity index (χ3n) is 6.60. The van der Waals surface area contributed by atoms with Gasteiger partial charge in [-0.3, -0.25) is 9.69 Å². The zero-order valence-electron chi connectivity index (χ0n) is 19.9. The maximum absolute atomic E-state index is 13.9. The van der Waals surface area contributed by atoms with Crippen molar-refractivity contribution in [2.24, 2.45) is 5.73 Å². The van der Waals surface area contributed by atoms with Crippen LogP contribution in [0.3, 0.4) is 0 Å². The minimum absolute atomic E-state index is 0.0286. The Bertz CT molecular complexity index is 1380. The summed E-state index contributed by atoms with van der Waals surface area (Å²) in [5.74, 6) is -2.28. The van der Waals surface area contributed by atoms with Crippen LogP contribution in [0.2, 0.25) is 0 Å². The van der Waals surface area contributed by atoms with Gasteiger partial charge in [-0.05, 0) is 43.3 Å². The highest BCUT2D eigenvalue weighted by Crippen LogP contribution is 2.45. The molecule has 8 nitrogen and oxygen atoms in total. The Balaban J connectivity index is 1.71. The van der Waals surface area contributed by atoms with Crippen molar-refractivity contribution in [3.8, 4) is 6.07 Å². The second-order valence-corrected chi connectivity index (χ2v) is 9.80. The van der Waals surface area contributed by atoms with Crippen LogP contribution < -0.4 is 5.73 Å². The summed E-state index contributed by atoms with van der Waals surface area (Å²) in [5.41, 5.74) is 9.81. The molecule has 0 spiro atoms. The van der Waals surface area contributed by atoms with E-state index in [2.05, 4.69) is 11.0 Å². The molecule has 0 bridgehead atoms. The van der Waals surface area contributed by atoms with Crippen molar-refractivity contribution in [3.63, 3.8) is 0 Å². The SMILES string of the molecule is CCOC(=O)C1=C2CSc3nc4c(cc3C(=O)N2C(N)=C(C#N)C1c1ccc(F)cc1)CN(C)CC4. The fourth-order valence-electron chi connectivity index (χ4n) is 4.89. The summed E-state index contributed by atoms with van der Waals surface area (Å²) >= 11 is 1.35. The highest BCUT2D eigenvalue weighted by Gasteiger charge is 2.43. The van der Waals surface area contributed by atoms with Crippen molar-refractivity contribution in [2.45, 2.75) is 30.8 Å². The number of carbonyl (C=O) groups is 2. The Morgan fingerprint density at radius 2 is 2.11 bits per heavy atom. The van der Waals surface area contributed by atoms with Gasteiger partial charge in [0.25, 0.3) is 5.91 Å². The van der Waals surface area contributed by atoms with Crippen LogP contribution in [0.4, 0.5) is 4.39 Å². The van der Waals surface area contributed by atoms with Crippen molar-refractivity contribution >= 4 is 23.6 Å². The Morgan fingerprint density at radius 1 is 1.36 bits per heavy atom. The summed E-state index contributed by atoms with van der Waals surface area (Å²) < 4.78 is 19.1. The maximum atomic E-state index is 13.9. The number of fused-ring (bicyclic) bond motifs is 3. The summed E-state index contributed by atoms with van der Waals surface area (Å²) in [5, 5.41) is 10.7. The van der Waals surface area contributed by atoms with E-state index in [1.54, 1.807) is 6.92 Å². The summed E-state index contributed by atoms with van der Waals surface area (Å²) in [6.45, 7) is 3.34. The van der Waals surface area contributed by atoms with Crippen molar-refractivity contribution in [1.29, 1.82) is 5.26 Å². The van der Waals surface area contributed by atoms with Crippen LogP contribution in [-0.2, 0) is 22.5 Å². The number of nitrogens with two attached hydrogens (primary N) is 1. The summed E-state index contributed by atoms with van der Waals surface area (Å²) in [6, 6.07) is 9.47. The third kappa shape index (κ3) is 3.94. The number of thioether (sulfide) groups is 1. The Labute approximate surface area is 212 Å². The fourth-order valence-corrected chi connectivity index (χ4v) is 5.92. The van der Waals surface area contributed by atoms with Gasteiger partial charge in [-0.1, -0.05) is 23.9 Å². The topological polar surface area (TPSA) is 113 Å². The van der Waals surface area contributed by atoms with Gasteiger partial charge in [0, 0.05) is 36.7 Å². The molecule has 2 aromatic rings. The molecule has 36 heavy (non-hydrogen) atoms. The number of nitrogens with zero attached hydrogens (tertiary/aromatic N) is 4. The van der Waals surface area contributed by atoms with Gasteiger partial charge in [0.05, 0.1) is 35.3 Å². The molecule has 1 amide bonds. The minimum atomic E-state index is -0.898. The van der Waals surface area contributed by atoms with Crippen LogP contribution in [0, 0.1) is 17.1 Å². The van der Waals surface area contributed by atoms with Crippen LogP contribution in [0.25, 0.3) is 0 Å². The molecule has 3 aliphatic heterocycles. The zero-order valence-corrected chi connectivity index (χ0v) is 20.7. The molecule has 184 valence electrons. The second kappa shape index (κ2) is 9.41. The van der Waals surface area contributed by atoms with E-state index in [0.717, 1.165) is 24.2 Å². The normalized spacial score (nSPS) is 19.8. The number of allylic oxidation sites excluding steroid dienone is 1. The van der Waals surface area contributed by atoms with Crippen LogP contribution in [0.15, 0.2) is 58.0 Å². The lowest BCUT2D eigenvalue weighted by Gasteiger charge is -2.35. The number of esters is 1. The number of aromatic nitrogens is 1. The standard InChI is InChI=1S/C26H24FN5O3S/c1-3-35-26(34)22-20-13-36-24-17(10-15-12-31(2)9-8-19(15)30-24)25(33)32(20)23(29)18(11-28)21(22)14-4-6-16(27)7-5-14/h4-7,10,21H,3,8-9,12-13,29H2,1-2H3. The van der Waals surface area contributed by atoms with Gasteiger partial charge in [0.15, 0.2) is 0 Å². The first-order chi connectivity index (χ1) is 17.3. The molecule has 5 rings (SSSR count). The molecule has 0 radical (unpaired) electrons. The number of hydrogen-bond acceptors (Lipinski definition) is 8. The average Bonchev–Trinajstić information content (AvgIpc) is 3.00. The van der Waals surface area contributed by atoms with E-state index >= 15 is 0 Å². The molecule has 0 saturated heterocycles. The van der Waals surface area contributed by atoms with Crippen molar-refractivity contribution in [2.75, 3.05) is 26.0 Å². The molecular weight excluding hydrogens is 481 g/mol. The number of ether oxygens (including phenoxy) is 1. The van der Waals surface area contributed by atoms with Gasteiger partial charge >= 0.3 is 5.97 Å². The van der Waals surface area contributed by atoms with Gasteiger partial charge in [0.2, 0.25) is 0 Å². The smallest absolute Gasteiger partial charge is 0.336 e. The lowest BCUT2D eigenvalue weighted by atomic mass is 9.81. The lowest BCUT2D eigenvalue weighted by molar-refractivity contribution is -0.138. The number of amides is 1. The monoisotopic (exact) mass is 505 g/mol. The Hall–Kier alpha value is -3.68. The minimum Gasteiger partial charge on any atom is -0.463 e. The molecule has 2 N–H and O–H groups in total. The van der Waals surface area contributed by atoms with Gasteiger partial charge in [-0.15, -0.1) is 0 Å². The number of carbonyl (C=O) groups excluding carboxylic acids is 2. The molecule has 4 heterocycles. The lowest BCUT2D eigenvalue weighted by Crippen LogP contribution is -2.41. The Morgan fingerprint density at radius 3 is 2.81 bits per heavy atom. The summed E-state index contributed by atoms with van der Waals surface area (Å²) in [7, 11) is 2.01. The van der Waals surface area contributed by atoms with E-state index in [4.69, 9.17) is 15.5 Å². The predicted octanol–water partition coefficient (Wildman–Crippen LogP) is 3.06. The second-order valence-electron chi connectivity index (χ2n) is 8.84. The molecule has 1 aromatic carbocycles. The van der Waals surface area contributed by atoms with E-state index < -0.39 is 23.6 Å². The van der Waals surface area contributed by atoms with Crippen LogP contribution in [0.5, 0.6) is 0 Å². The molecule has 0 aliphatic carbocycles. The van der Waals surface area contributed by atoms with E-state index in [1.807, 2.05) is 13.1 Å². The molecule has 0 saturated carbocycles. The number of likely N-dealkylation sites (N-methyl/N-ethyl adjacent to an activating group) is 1. The van der Waals surface area contributed by atoms with E-state index in [-0.39, 0.29) is 29.3 Å². The first-order valence-corrected chi connectivity index (χ1v) is 12.6. The summed E-state index contributed by atoms with van der Waals surface area (Å²) in [4.78, 5) is 35.4.